The lowest BCUT2D eigenvalue weighted by atomic mass is 10.2. The van der Waals surface area contributed by atoms with Gasteiger partial charge in [0.25, 0.3) is 5.91 Å². The number of hydrogen-bond acceptors (Lipinski definition) is 4. The lowest BCUT2D eigenvalue weighted by Crippen LogP contribution is -2.13. The molecule has 6 heteroatoms. The summed E-state index contributed by atoms with van der Waals surface area (Å²) < 4.78 is 13.1. The fourth-order valence-electron chi connectivity index (χ4n) is 2.09. The van der Waals surface area contributed by atoms with Crippen LogP contribution in [-0.4, -0.2) is 15.9 Å². The number of halogens is 1. The number of carbonyl (C=O) groups is 1. The number of carbonyl (C=O) groups excluding carboxylic acids is 1. The average molecular weight is 322 g/mol. The number of hydrogen-bond donors (Lipinski definition) is 2. The predicted octanol–water partition coefficient (Wildman–Crippen LogP) is 3.48. The molecule has 0 bridgehead atoms. The number of nitrogens with one attached hydrogen (secondary N) is 2. The summed E-state index contributed by atoms with van der Waals surface area (Å²) in [7, 11) is 0. The van der Waals surface area contributed by atoms with Gasteiger partial charge in [-0.15, -0.1) is 0 Å². The van der Waals surface area contributed by atoms with Crippen molar-refractivity contribution in [2.24, 2.45) is 0 Å². The minimum atomic E-state index is -0.408. The molecule has 2 N–H and O–H groups in total. The highest BCUT2D eigenvalue weighted by atomic mass is 19.1. The van der Waals surface area contributed by atoms with Crippen LogP contribution in [0.2, 0.25) is 0 Å². The average Bonchev–Trinajstić information content (AvgIpc) is 2.61. The SMILES string of the molecule is O=C(Nc1cccc(F)c1)c1ccc(NCc2ccccn2)cn1. The zero-order valence-corrected chi connectivity index (χ0v) is 12.7. The van der Waals surface area contributed by atoms with Crippen LogP contribution in [0.5, 0.6) is 0 Å². The van der Waals surface area contributed by atoms with Crippen LogP contribution in [-0.2, 0) is 6.54 Å². The van der Waals surface area contributed by atoms with Crippen LogP contribution in [0.15, 0.2) is 67.0 Å². The topological polar surface area (TPSA) is 66.9 Å². The molecule has 0 aliphatic rings. The molecule has 2 aromatic heterocycles. The molecule has 1 aromatic carbocycles. The Balaban J connectivity index is 1.60. The third-order valence-electron chi connectivity index (χ3n) is 3.28. The summed E-state index contributed by atoms with van der Waals surface area (Å²) in [6.45, 7) is 0.567. The Morgan fingerprint density at radius 2 is 1.92 bits per heavy atom. The first-order chi connectivity index (χ1) is 11.7. The van der Waals surface area contributed by atoms with Crippen molar-refractivity contribution in [2.45, 2.75) is 6.54 Å². The summed E-state index contributed by atoms with van der Waals surface area (Å²) in [5.74, 6) is -0.799. The van der Waals surface area contributed by atoms with E-state index in [0.29, 0.717) is 12.2 Å². The summed E-state index contributed by atoms with van der Waals surface area (Å²) >= 11 is 0. The maximum Gasteiger partial charge on any atom is 0.274 e. The predicted molar refractivity (Wildman–Crippen MR) is 90.2 cm³/mol. The number of aromatic nitrogens is 2. The zero-order valence-electron chi connectivity index (χ0n) is 12.7. The summed E-state index contributed by atoms with van der Waals surface area (Å²) in [6, 6.07) is 14.8. The van der Waals surface area contributed by atoms with Crippen molar-refractivity contribution >= 4 is 17.3 Å². The molecule has 120 valence electrons. The van der Waals surface area contributed by atoms with Gasteiger partial charge in [0.15, 0.2) is 0 Å². The summed E-state index contributed by atoms with van der Waals surface area (Å²) in [6.07, 6.45) is 3.30. The zero-order chi connectivity index (χ0) is 16.8. The third-order valence-corrected chi connectivity index (χ3v) is 3.28. The van der Waals surface area contributed by atoms with E-state index >= 15 is 0 Å². The Morgan fingerprint density at radius 1 is 1.00 bits per heavy atom. The van der Waals surface area contributed by atoms with Gasteiger partial charge in [0.2, 0.25) is 0 Å². The molecule has 0 saturated heterocycles. The van der Waals surface area contributed by atoms with Gasteiger partial charge in [0, 0.05) is 11.9 Å². The van der Waals surface area contributed by atoms with E-state index in [-0.39, 0.29) is 5.69 Å². The maximum atomic E-state index is 13.1. The molecule has 0 saturated carbocycles. The molecule has 24 heavy (non-hydrogen) atoms. The fourth-order valence-corrected chi connectivity index (χ4v) is 2.09. The molecule has 2 heterocycles. The van der Waals surface area contributed by atoms with E-state index in [0.717, 1.165) is 11.4 Å². The molecule has 0 fully saturated rings. The first kappa shape index (κ1) is 15.6. The molecule has 5 nitrogen and oxygen atoms in total. The monoisotopic (exact) mass is 322 g/mol. The van der Waals surface area contributed by atoms with Gasteiger partial charge in [0.05, 0.1) is 24.1 Å². The van der Waals surface area contributed by atoms with Gasteiger partial charge in [-0.25, -0.2) is 9.37 Å². The number of pyridine rings is 2. The molecule has 3 aromatic rings. The first-order valence-electron chi connectivity index (χ1n) is 7.37. The molecule has 0 aliphatic carbocycles. The van der Waals surface area contributed by atoms with Crippen molar-refractivity contribution in [3.8, 4) is 0 Å². The van der Waals surface area contributed by atoms with Crippen LogP contribution >= 0.6 is 0 Å². The van der Waals surface area contributed by atoms with E-state index in [1.54, 1.807) is 30.6 Å². The van der Waals surface area contributed by atoms with Gasteiger partial charge in [0.1, 0.15) is 11.5 Å². The van der Waals surface area contributed by atoms with Gasteiger partial charge in [-0.2, -0.15) is 0 Å². The highest BCUT2D eigenvalue weighted by Crippen LogP contribution is 2.12. The van der Waals surface area contributed by atoms with Gasteiger partial charge < -0.3 is 10.6 Å². The molecule has 0 spiro atoms. The molecule has 0 radical (unpaired) electrons. The van der Waals surface area contributed by atoms with Gasteiger partial charge in [-0.1, -0.05) is 12.1 Å². The number of nitrogens with zero attached hydrogens (tertiary/aromatic N) is 2. The number of anilines is 2. The lowest BCUT2D eigenvalue weighted by Gasteiger charge is -2.07. The molecule has 1 amide bonds. The van der Waals surface area contributed by atoms with E-state index in [1.807, 2.05) is 18.2 Å². The second kappa shape index (κ2) is 7.32. The highest BCUT2D eigenvalue weighted by Gasteiger charge is 2.08. The Kier molecular flexibility index (Phi) is 4.76. The molecule has 0 unspecified atom stereocenters. The van der Waals surface area contributed by atoms with Crippen LogP contribution in [0, 0.1) is 5.82 Å². The quantitative estimate of drug-likeness (QED) is 0.755. The van der Waals surface area contributed by atoms with Crippen LogP contribution in [0.1, 0.15) is 16.2 Å². The Bertz CT molecular complexity index is 822. The fraction of sp³-hybridized carbons (Fsp3) is 0.0556. The highest BCUT2D eigenvalue weighted by molar-refractivity contribution is 6.02. The van der Waals surface area contributed by atoms with Gasteiger partial charge in [-0.3, -0.25) is 9.78 Å². The second-order valence-electron chi connectivity index (χ2n) is 5.07. The Hall–Kier alpha value is -3.28. The summed E-state index contributed by atoms with van der Waals surface area (Å²) in [5, 5.41) is 5.78. The van der Waals surface area contributed by atoms with Crippen LogP contribution in [0.4, 0.5) is 15.8 Å². The van der Waals surface area contributed by atoms with E-state index in [4.69, 9.17) is 0 Å². The molecule has 3 rings (SSSR count). The van der Waals surface area contributed by atoms with Crippen molar-refractivity contribution in [1.82, 2.24) is 9.97 Å². The van der Waals surface area contributed by atoms with E-state index in [1.165, 1.54) is 18.2 Å². The maximum absolute atomic E-state index is 13.1. The summed E-state index contributed by atoms with van der Waals surface area (Å²) in [5.41, 5.74) is 2.33. The normalized spacial score (nSPS) is 10.2. The van der Waals surface area contributed by atoms with Crippen molar-refractivity contribution in [2.75, 3.05) is 10.6 Å². The number of benzene rings is 1. The Morgan fingerprint density at radius 3 is 2.62 bits per heavy atom. The van der Waals surface area contributed by atoms with Crippen LogP contribution in [0.25, 0.3) is 0 Å². The van der Waals surface area contributed by atoms with E-state index < -0.39 is 11.7 Å². The second-order valence-corrected chi connectivity index (χ2v) is 5.07. The molecular weight excluding hydrogens is 307 g/mol. The number of amides is 1. The van der Waals surface area contributed by atoms with Crippen molar-refractivity contribution < 1.29 is 9.18 Å². The largest absolute Gasteiger partial charge is 0.378 e. The smallest absolute Gasteiger partial charge is 0.274 e. The summed E-state index contributed by atoms with van der Waals surface area (Å²) in [4.78, 5) is 20.4. The van der Waals surface area contributed by atoms with Crippen molar-refractivity contribution in [3.05, 3.63) is 84.2 Å². The molecule has 0 atom stereocenters. The van der Waals surface area contributed by atoms with Crippen LogP contribution < -0.4 is 10.6 Å². The lowest BCUT2D eigenvalue weighted by molar-refractivity contribution is 0.102. The van der Waals surface area contributed by atoms with Crippen molar-refractivity contribution in [3.63, 3.8) is 0 Å². The van der Waals surface area contributed by atoms with Crippen molar-refractivity contribution in [1.29, 1.82) is 0 Å². The molecular formula is C18H15FN4O. The Labute approximate surface area is 138 Å². The third kappa shape index (κ3) is 4.13. The van der Waals surface area contributed by atoms with Crippen LogP contribution in [0.3, 0.4) is 0 Å². The minimum absolute atomic E-state index is 0.252. The van der Waals surface area contributed by atoms with E-state index in [2.05, 4.69) is 20.6 Å². The standard InChI is InChI=1S/C18H15FN4O/c19-13-4-3-6-14(10-13)23-18(24)17-8-7-16(12-22-17)21-11-15-5-1-2-9-20-15/h1-10,12,21H,11H2,(H,23,24). The van der Waals surface area contributed by atoms with Gasteiger partial charge >= 0.3 is 0 Å². The first-order valence-corrected chi connectivity index (χ1v) is 7.37. The van der Waals surface area contributed by atoms with E-state index in [9.17, 15) is 9.18 Å². The van der Waals surface area contributed by atoms with Gasteiger partial charge in [-0.05, 0) is 42.5 Å². The molecule has 0 aliphatic heterocycles. The minimum Gasteiger partial charge on any atom is -0.378 e. The number of rotatable bonds is 5.